The Morgan fingerprint density at radius 2 is 0.538 bits per heavy atom. The van der Waals surface area contributed by atoms with Crippen LogP contribution in [0.1, 0.15) is 0 Å². The van der Waals surface area contributed by atoms with Crippen molar-refractivity contribution in [3.63, 3.8) is 0 Å². The summed E-state index contributed by atoms with van der Waals surface area (Å²) in [7, 11) is 0. The van der Waals surface area contributed by atoms with E-state index in [0.717, 1.165) is 13.1 Å². The van der Waals surface area contributed by atoms with Gasteiger partial charge in [-0.3, -0.25) is 0 Å². The second-order valence-corrected chi connectivity index (χ2v) is 0.707. The Morgan fingerprint density at radius 1 is 0.462 bits per heavy atom. The molecule has 0 radical (unpaired) electrons. The van der Waals surface area contributed by atoms with E-state index in [-0.39, 0.29) is 73.1 Å². The van der Waals surface area contributed by atoms with E-state index in [1.807, 2.05) is 0 Å². The molecule has 0 aliphatic rings. The second kappa shape index (κ2) is 238. The molecule has 9 nitrogen and oxygen atoms in total. The van der Waals surface area contributed by atoms with Gasteiger partial charge in [0, 0.05) is 0 Å². The van der Waals surface area contributed by atoms with Gasteiger partial charge < -0.3 is 49.8 Å². The largest absolute Gasteiger partial charge is 6.00 e. The summed E-state index contributed by atoms with van der Waals surface area (Å²) in [4.78, 5) is 0. The first-order valence-electron chi connectivity index (χ1n) is 1.50. The smallest absolute Gasteiger partial charge is 2.00 e. The molecule has 0 unspecified atom stereocenters. The van der Waals surface area contributed by atoms with Gasteiger partial charge >= 0.3 is 34.7 Å². The van der Waals surface area contributed by atoms with Crippen molar-refractivity contribution in [3.05, 3.63) is 0 Å². The molecule has 0 bridgehead atoms. The predicted octanol–water partition coefficient (Wildman–Crippen LogP) is -3.37. The summed E-state index contributed by atoms with van der Waals surface area (Å²) in [5.74, 6) is 0. The van der Waals surface area contributed by atoms with Crippen molar-refractivity contribution >= 4 is 0 Å². The molecule has 0 amide bonds. The third-order valence-electron chi connectivity index (χ3n) is 0.250. The third kappa shape index (κ3) is 501. The van der Waals surface area contributed by atoms with Crippen LogP contribution in [-0.2, 0) is 73.1 Å². The summed E-state index contributed by atoms with van der Waals surface area (Å²) in [5.41, 5.74) is 7.08. The number of hydrogen-bond acceptors (Lipinski definition) is 0. The van der Waals surface area contributed by atoms with Crippen molar-refractivity contribution < 1.29 is 84.5 Å². The zero-order valence-corrected chi connectivity index (χ0v) is 9.05. The van der Waals surface area contributed by atoms with E-state index in [4.69, 9.17) is 0 Å². The molecule has 13 heavy (non-hydrogen) atoms. The fraction of sp³-hybridized carbons (Fsp3) is 1.00. The van der Waals surface area contributed by atoms with Crippen LogP contribution in [0.15, 0.2) is 0 Å². The number of hydrogen-bond donors (Lipinski definition) is 2. The minimum absolute atomic E-state index is 0. The first-order chi connectivity index (χ1) is 1.91. The minimum atomic E-state index is 0. The van der Waals surface area contributed by atoms with Crippen molar-refractivity contribution in [1.82, 2.24) is 0 Å². The average Bonchev–Trinajstić information content (AvgIpc) is 1.37. The van der Waals surface area contributed by atoms with E-state index in [2.05, 4.69) is 11.5 Å². The molecule has 0 atom stereocenters. The van der Waals surface area contributed by atoms with Gasteiger partial charge in [0.15, 0.2) is 0 Å². The molecular formula is C2H10Cr2N2O7. The maximum Gasteiger partial charge on any atom is 6.00 e. The Bertz CT molecular complexity index is 24.5. The van der Waals surface area contributed by atoms with Gasteiger partial charge in [-0.1, -0.05) is 0 Å². The van der Waals surface area contributed by atoms with E-state index >= 15 is 0 Å². The fourth-order valence-electron chi connectivity index (χ4n) is 0. The topological polar surface area (TPSA) is 255 Å². The van der Waals surface area contributed by atoms with Gasteiger partial charge in [-0.15, -0.1) is 0 Å². The molecule has 0 aliphatic carbocycles. The monoisotopic (exact) mass is 278 g/mol. The van der Waals surface area contributed by atoms with E-state index in [1.54, 1.807) is 0 Å². The van der Waals surface area contributed by atoms with Crippen LogP contribution in [0.25, 0.3) is 0 Å². The molecule has 0 aliphatic heterocycles. The third-order valence-corrected chi connectivity index (χ3v) is 0.250. The first kappa shape index (κ1) is 161. The first-order valence-corrected chi connectivity index (χ1v) is 1.50. The molecule has 11 heteroatoms. The summed E-state index contributed by atoms with van der Waals surface area (Å²) in [6, 6.07) is 0. The SMILES string of the molecule is [Cr+6].[Cr+6].[NH3+]CC[NH3+].[O-2].[O-2].[O-2].[O-2].[O-2].[O-2].[O-2]. The standard InChI is InChI=1S/C2H8N2.2Cr.7O/c3-1-2-4;;;;;;;;;/h1-4H2;;;;;;;;;/q;2*+6;7*-2/p+2. The summed E-state index contributed by atoms with van der Waals surface area (Å²) < 4.78 is 0. The van der Waals surface area contributed by atoms with E-state index in [1.165, 1.54) is 0 Å². The maximum absolute atomic E-state index is 3.54. The quantitative estimate of drug-likeness (QED) is 0.475. The average molecular weight is 278 g/mol. The van der Waals surface area contributed by atoms with Crippen LogP contribution in [-0.4, -0.2) is 13.1 Å². The van der Waals surface area contributed by atoms with Crippen molar-refractivity contribution in [1.29, 1.82) is 0 Å². The van der Waals surface area contributed by atoms with Gasteiger partial charge in [-0.2, -0.15) is 0 Å². The molecule has 0 saturated carbocycles. The zero-order valence-electron chi connectivity index (χ0n) is 6.50. The van der Waals surface area contributed by atoms with Gasteiger partial charge in [0.2, 0.25) is 0 Å². The maximum atomic E-state index is 3.54. The fourth-order valence-corrected chi connectivity index (χ4v) is 0. The van der Waals surface area contributed by atoms with Gasteiger partial charge in [0.05, 0.1) is 0 Å². The predicted molar refractivity (Wildman–Crippen MR) is 20.3 cm³/mol. The summed E-state index contributed by atoms with van der Waals surface area (Å²) in [6.07, 6.45) is 0. The molecule has 0 aromatic heterocycles. The minimum Gasteiger partial charge on any atom is -2.00 e. The van der Waals surface area contributed by atoms with Crippen LogP contribution in [0.4, 0.5) is 0 Å². The molecule has 0 aromatic carbocycles. The number of quaternary nitrogens is 2. The zero-order chi connectivity index (χ0) is 3.41. The Labute approximate surface area is 97.9 Å². The Balaban J connectivity index is -0.00000000125. The van der Waals surface area contributed by atoms with Crippen molar-refractivity contribution in [3.8, 4) is 0 Å². The van der Waals surface area contributed by atoms with Crippen molar-refractivity contribution in [2.75, 3.05) is 13.1 Å². The molecule has 6 N–H and O–H groups in total. The molecule has 0 rings (SSSR count). The van der Waals surface area contributed by atoms with Gasteiger partial charge in [0.25, 0.3) is 0 Å². The van der Waals surface area contributed by atoms with E-state index < -0.39 is 0 Å². The Morgan fingerprint density at radius 3 is 0.538 bits per heavy atom. The van der Waals surface area contributed by atoms with Crippen LogP contribution in [0, 0.1) is 0 Å². The Hall–Kier alpha value is 0.705. The molecule has 0 aromatic rings. The van der Waals surface area contributed by atoms with Crippen LogP contribution in [0.5, 0.6) is 0 Å². The summed E-state index contributed by atoms with van der Waals surface area (Å²) in [6.45, 7) is 1.92. The van der Waals surface area contributed by atoms with Crippen LogP contribution in [0.3, 0.4) is 0 Å². The molecule has 0 heterocycles. The van der Waals surface area contributed by atoms with Gasteiger partial charge in [0.1, 0.15) is 13.1 Å². The molecule has 0 saturated heterocycles. The normalized spacial score (nSPS) is 2.31. The summed E-state index contributed by atoms with van der Waals surface area (Å²) in [5, 5.41) is 0. The van der Waals surface area contributed by atoms with E-state index in [9.17, 15) is 0 Å². The molecule has 0 fully saturated rings. The second-order valence-electron chi connectivity index (χ2n) is 0.707. The van der Waals surface area contributed by atoms with Crippen molar-refractivity contribution in [2.45, 2.75) is 0 Å². The van der Waals surface area contributed by atoms with Crippen LogP contribution in [0.2, 0.25) is 0 Å². The Kier molecular flexibility index (Phi) is 2950. The molecule has 0 spiro atoms. The van der Waals surface area contributed by atoms with Crippen molar-refractivity contribution in [2.24, 2.45) is 0 Å². The van der Waals surface area contributed by atoms with Gasteiger partial charge in [-0.05, 0) is 0 Å². The molecule has 82 valence electrons. The number of rotatable bonds is 1. The van der Waals surface area contributed by atoms with Gasteiger partial charge in [-0.25, -0.2) is 0 Å². The summed E-state index contributed by atoms with van der Waals surface area (Å²) >= 11 is 0. The molecular weight excluding hydrogens is 268 g/mol. The van der Waals surface area contributed by atoms with E-state index in [0.29, 0.717) is 0 Å². The van der Waals surface area contributed by atoms with Crippen LogP contribution < -0.4 is 11.5 Å². The van der Waals surface area contributed by atoms with Crippen LogP contribution >= 0.6 is 0 Å².